The molecular weight excluding hydrogens is 496 g/mol. The van der Waals surface area contributed by atoms with Crippen molar-refractivity contribution in [2.24, 2.45) is 23.5 Å². The quantitative estimate of drug-likeness (QED) is 0.507. The Labute approximate surface area is 231 Å². The zero-order chi connectivity index (χ0) is 27.5. The van der Waals surface area contributed by atoms with Crippen molar-refractivity contribution in [1.82, 2.24) is 25.0 Å². The zero-order valence-electron chi connectivity index (χ0n) is 23.8. The van der Waals surface area contributed by atoms with Gasteiger partial charge in [-0.25, -0.2) is 9.97 Å². The van der Waals surface area contributed by atoms with Crippen LogP contribution in [0.1, 0.15) is 71.5 Å². The van der Waals surface area contributed by atoms with Crippen LogP contribution in [0, 0.1) is 17.8 Å². The molecule has 0 aromatic carbocycles. The molecule has 3 saturated heterocycles. The topological polar surface area (TPSA) is 127 Å². The lowest BCUT2D eigenvalue weighted by atomic mass is 9.84. The fourth-order valence-corrected chi connectivity index (χ4v) is 6.05. The lowest BCUT2D eigenvalue weighted by Crippen LogP contribution is -2.52. The molecule has 214 valence electrons. The first-order valence-corrected chi connectivity index (χ1v) is 14.6. The molecular formula is C28H44N8O3. The SMILES string of the molecule is CC(C)c1noc(N2CCC([C@H](C)CCOc3cnc(N4C[C@@H](N)[C@@H](N5CC[C@H](C)CC5=O)C4)nc3)CC2)n1. The summed E-state index contributed by atoms with van der Waals surface area (Å²) in [7, 11) is 0. The summed E-state index contributed by atoms with van der Waals surface area (Å²) >= 11 is 0. The Morgan fingerprint density at radius 2 is 1.82 bits per heavy atom. The van der Waals surface area contributed by atoms with Crippen molar-refractivity contribution in [3.05, 3.63) is 18.2 Å². The molecule has 2 aromatic rings. The molecule has 3 fully saturated rings. The predicted octanol–water partition coefficient (Wildman–Crippen LogP) is 3.08. The van der Waals surface area contributed by atoms with Crippen LogP contribution in [0.25, 0.3) is 0 Å². The van der Waals surface area contributed by atoms with Gasteiger partial charge < -0.3 is 29.7 Å². The van der Waals surface area contributed by atoms with Crippen molar-refractivity contribution in [2.75, 3.05) is 49.1 Å². The van der Waals surface area contributed by atoms with E-state index in [2.05, 4.69) is 57.6 Å². The van der Waals surface area contributed by atoms with Gasteiger partial charge in [-0.1, -0.05) is 32.9 Å². The molecule has 0 aliphatic carbocycles. The van der Waals surface area contributed by atoms with Crippen LogP contribution >= 0.6 is 0 Å². The maximum Gasteiger partial charge on any atom is 0.324 e. The minimum Gasteiger partial charge on any atom is -0.490 e. The van der Waals surface area contributed by atoms with E-state index < -0.39 is 0 Å². The van der Waals surface area contributed by atoms with Crippen LogP contribution in [0.4, 0.5) is 12.0 Å². The Morgan fingerprint density at radius 3 is 2.49 bits per heavy atom. The van der Waals surface area contributed by atoms with Gasteiger partial charge in [-0.05, 0) is 43.4 Å². The largest absolute Gasteiger partial charge is 0.490 e. The van der Waals surface area contributed by atoms with Crippen molar-refractivity contribution in [1.29, 1.82) is 0 Å². The number of nitrogens with zero attached hydrogens (tertiary/aromatic N) is 7. The van der Waals surface area contributed by atoms with Crippen LogP contribution < -0.4 is 20.3 Å². The molecule has 1 amide bonds. The van der Waals surface area contributed by atoms with Gasteiger partial charge in [-0.15, -0.1) is 0 Å². The number of rotatable bonds is 9. The first-order chi connectivity index (χ1) is 18.8. The zero-order valence-corrected chi connectivity index (χ0v) is 23.8. The predicted molar refractivity (Wildman–Crippen MR) is 149 cm³/mol. The van der Waals surface area contributed by atoms with E-state index >= 15 is 0 Å². The lowest BCUT2D eigenvalue weighted by molar-refractivity contribution is -0.137. The lowest BCUT2D eigenvalue weighted by Gasteiger charge is -2.36. The Balaban J connectivity index is 1.04. The molecule has 3 aliphatic rings. The third-order valence-electron chi connectivity index (χ3n) is 8.74. The van der Waals surface area contributed by atoms with E-state index in [0.717, 1.165) is 51.1 Å². The molecule has 5 heterocycles. The Bertz CT molecular complexity index is 1080. The minimum atomic E-state index is -0.0974. The number of amides is 1. The molecule has 0 saturated carbocycles. The molecule has 3 aliphatic heterocycles. The van der Waals surface area contributed by atoms with Gasteiger partial charge in [0.1, 0.15) is 0 Å². The first kappa shape index (κ1) is 27.6. The van der Waals surface area contributed by atoms with E-state index in [-0.39, 0.29) is 23.9 Å². The molecule has 11 nitrogen and oxygen atoms in total. The van der Waals surface area contributed by atoms with Gasteiger partial charge in [-0.3, -0.25) is 4.79 Å². The monoisotopic (exact) mass is 540 g/mol. The number of aromatic nitrogens is 4. The standard InChI is InChI=1S/C28H44N8O3/c1-18(2)26-32-28(39-33-26)34-9-6-21(7-10-34)20(4)8-12-38-22-14-30-27(31-15-22)35-16-23(29)24(17-35)36-11-5-19(3)13-25(36)37/h14-15,18-21,23-24H,5-13,16-17,29H2,1-4H3/t19-,20+,23+,24-/m0/s1. The molecule has 4 atom stereocenters. The number of hydrogen-bond acceptors (Lipinski definition) is 10. The fourth-order valence-electron chi connectivity index (χ4n) is 6.05. The van der Waals surface area contributed by atoms with Gasteiger partial charge in [-0.2, -0.15) is 4.98 Å². The molecule has 5 rings (SSSR count). The van der Waals surface area contributed by atoms with Gasteiger partial charge in [0.2, 0.25) is 11.9 Å². The van der Waals surface area contributed by atoms with Gasteiger partial charge in [0.25, 0.3) is 0 Å². The van der Waals surface area contributed by atoms with Crippen molar-refractivity contribution in [3.8, 4) is 5.75 Å². The van der Waals surface area contributed by atoms with E-state index in [1.54, 1.807) is 12.4 Å². The Morgan fingerprint density at radius 1 is 1.08 bits per heavy atom. The molecule has 2 N–H and O–H groups in total. The summed E-state index contributed by atoms with van der Waals surface area (Å²) in [4.78, 5) is 32.5. The molecule has 11 heteroatoms. The molecule has 0 spiro atoms. The third-order valence-corrected chi connectivity index (χ3v) is 8.74. The van der Waals surface area contributed by atoms with Crippen LogP contribution in [0.15, 0.2) is 16.9 Å². The van der Waals surface area contributed by atoms with Crippen LogP contribution in [0.5, 0.6) is 5.75 Å². The number of carbonyl (C=O) groups excluding carboxylic acids is 1. The van der Waals surface area contributed by atoms with E-state index in [9.17, 15) is 4.79 Å². The number of hydrogen-bond donors (Lipinski definition) is 1. The summed E-state index contributed by atoms with van der Waals surface area (Å²) in [5, 5.41) is 4.10. The van der Waals surface area contributed by atoms with Crippen molar-refractivity contribution >= 4 is 17.9 Å². The maximum absolute atomic E-state index is 12.6. The summed E-state index contributed by atoms with van der Waals surface area (Å²) < 4.78 is 11.5. The van der Waals surface area contributed by atoms with Gasteiger partial charge >= 0.3 is 6.01 Å². The highest BCUT2D eigenvalue weighted by molar-refractivity contribution is 5.77. The Hall–Kier alpha value is -2.95. The number of nitrogens with two attached hydrogens (primary N) is 1. The van der Waals surface area contributed by atoms with Gasteiger partial charge in [0.15, 0.2) is 11.6 Å². The van der Waals surface area contributed by atoms with Crippen LogP contribution in [-0.2, 0) is 4.79 Å². The summed E-state index contributed by atoms with van der Waals surface area (Å²) in [5.74, 6) is 4.24. The second kappa shape index (κ2) is 12.1. The fraction of sp³-hybridized carbons (Fsp3) is 0.750. The van der Waals surface area contributed by atoms with Gasteiger partial charge in [0, 0.05) is 51.1 Å². The number of ether oxygens (including phenoxy) is 1. The maximum atomic E-state index is 12.6. The Kier molecular flexibility index (Phi) is 8.54. The number of carbonyl (C=O) groups is 1. The minimum absolute atomic E-state index is 0.0161. The second-order valence-corrected chi connectivity index (χ2v) is 12.1. The number of piperidine rings is 2. The average Bonchev–Trinajstić information content (AvgIpc) is 3.57. The summed E-state index contributed by atoms with van der Waals surface area (Å²) in [5.41, 5.74) is 6.44. The number of anilines is 2. The molecule has 0 radical (unpaired) electrons. The average molecular weight is 541 g/mol. The summed E-state index contributed by atoms with van der Waals surface area (Å²) in [6.45, 7) is 13.2. The van der Waals surface area contributed by atoms with E-state index in [1.807, 2.05) is 4.90 Å². The molecule has 2 aromatic heterocycles. The summed E-state index contributed by atoms with van der Waals surface area (Å²) in [6.07, 6.45) is 8.34. The highest BCUT2D eigenvalue weighted by Crippen LogP contribution is 2.30. The van der Waals surface area contributed by atoms with Gasteiger partial charge in [0.05, 0.1) is 25.0 Å². The van der Waals surface area contributed by atoms with Crippen molar-refractivity contribution < 1.29 is 14.1 Å². The highest BCUT2D eigenvalue weighted by Gasteiger charge is 2.39. The van der Waals surface area contributed by atoms with Crippen LogP contribution in [0.2, 0.25) is 0 Å². The molecule has 0 unspecified atom stereocenters. The third kappa shape index (κ3) is 6.45. The normalized spacial score (nSPS) is 25.5. The van der Waals surface area contributed by atoms with Crippen molar-refractivity contribution in [3.63, 3.8) is 0 Å². The van der Waals surface area contributed by atoms with Crippen LogP contribution in [-0.4, -0.2) is 82.3 Å². The first-order valence-electron chi connectivity index (χ1n) is 14.6. The summed E-state index contributed by atoms with van der Waals surface area (Å²) in [6, 6.07) is 0.569. The van der Waals surface area contributed by atoms with Crippen molar-refractivity contribution in [2.45, 2.75) is 77.8 Å². The number of likely N-dealkylation sites (tertiary alicyclic amines) is 1. The second-order valence-electron chi connectivity index (χ2n) is 12.1. The van der Waals surface area contributed by atoms with E-state index in [4.69, 9.17) is 15.0 Å². The van der Waals surface area contributed by atoms with E-state index in [0.29, 0.717) is 61.6 Å². The molecule has 0 bridgehead atoms. The molecule has 39 heavy (non-hydrogen) atoms. The van der Waals surface area contributed by atoms with E-state index in [1.165, 1.54) is 0 Å². The highest BCUT2D eigenvalue weighted by atomic mass is 16.5. The smallest absolute Gasteiger partial charge is 0.324 e. The van der Waals surface area contributed by atoms with Crippen LogP contribution in [0.3, 0.4) is 0 Å².